The molecule has 134 valence electrons. The number of aryl methyl sites for hydroxylation is 1. The number of rotatable bonds is 6. The highest BCUT2D eigenvalue weighted by Gasteiger charge is 2.16. The van der Waals surface area contributed by atoms with E-state index in [0.29, 0.717) is 18.8 Å². The van der Waals surface area contributed by atoms with Crippen LogP contribution < -0.4 is 5.56 Å². The number of nitrogens with zero attached hydrogens (tertiary/aromatic N) is 2. The summed E-state index contributed by atoms with van der Waals surface area (Å²) >= 11 is 0. The molecule has 0 radical (unpaired) electrons. The van der Waals surface area contributed by atoms with E-state index in [1.54, 1.807) is 42.4 Å². The summed E-state index contributed by atoms with van der Waals surface area (Å²) in [5.74, 6) is 0.662. The second-order valence-corrected chi connectivity index (χ2v) is 6.26. The highest BCUT2D eigenvalue weighted by atomic mass is 16.4. The summed E-state index contributed by atoms with van der Waals surface area (Å²) in [6, 6.07) is 16.6. The van der Waals surface area contributed by atoms with Crippen LogP contribution in [0.25, 0.3) is 0 Å². The monoisotopic (exact) mass is 350 g/mol. The Bertz CT molecular complexity index is 938. The molecule has 0 N–H and O–H groups in total. The molecule has 26 heavy (non-hydrogen) atoms. The Labute approximate surface area is 152 Å². The molecule has 0 saturated heterocycles. The average Bonchev–Trinajstić information content (AvgIpc) is 3.12. The van der Waals surface area contributed by atoms with E-state index in [0.717, 1.165) is 12.0 Å². The van der Waals surface area contributed by atoms with Crippen LogP contribution in [0.1, 0.15) is 34.4 Å². The molecular formula is C21H22N2O3. The molecule has 1 amide bonds. The number of hydrogen-bond donors (Lipinski definition) is 0. The first-order valence-electron chi connectivity index (χ1n) is 8.64. The van der Waals surface area contributed by atoms with Gasteiger partial charge in [0.05, 0.1) is 6.54 Å². The van der Waals surface area contributed by atoms with E-state index >= 15 is 0 Å². The lowest BCUT2D eigenvalue weighted by Crippen LogP contribution is -2.25. The van der Waals surface area contributed by atoms with Crippen molar-refractivity contribution in [3.05, 3.63) is 93.8 Å². The highest BCUT2D eigenvalue weighted by Crippen LogP contribution is 2.14. The molecule has 0 spiro atoms. The Morgan fingerprint density at radius 2 is 1.77 bits per heavy atom. The Balaban J connectivity index is 1.66. The number of amides is 1. The van der Waals surface area contributed by atoms with Crippen molar-refractivity contribution in [2.45, 2.75) is 26.4 Å². The first-order valence-corrected chi connectivity index (χ1v) is 8.64. The third-order valence-electron chi connectivity index (χ3n) is 4.30. The zero-order valence-corrected chi connectivity index (χ0v) is 15.0. The van der Waals surface area contributed by atoms with E-state index in [1.165, 1.54) is 16.2 Å². The highest BCUT2D eigenvalue weighted by molar-refractivity contribution is 5.91. The lowest BCUT2D eigenvalue weighted by Gasteiger charge is -2.16. The van der Waals surface area contributed by atoms with Crippen molar-refractivity contribution in [2.75, 3.05) is 7.05 Å². The molecule has 3 rings (SSSR count). The van der Waals surface area contributed by atoms with Gasteiger partial charge in [0.25, 0.3) is 11.5 Å². The molecule has 0 aliphatic heterocycles. The van der Waals surface area contributed by atoms with Gasteiger partial charge in [0.1, 0.15) is 5.76 Å². The van der Waals surface area contributed by atoms with E-state index in [4.69, 9.17) is 4.42 Å². The summed E-state index contributed by atoms with van der Waals surface area (Å²) in [6.45, 7) is 2.93. The maximum atomic E-state index is 12.6. The Kier molecular flexibility index (Phi) is 5.37. The van der Waals surface area contributed by atoms with Crippen molar-refractivity contribution < 1.29 is 9.21 Å². The summed E-state index contributed by atoms with van der Waals surface area (Å²) in [6.07, 6.45) is 2.69. The topological polar surface area (TPSA) is 55.5 Å². The molecule has 0 bridgehead atoms. The minimum Gasteiger partial charge on any atom is -0.454 e. The molecule has 0 atom stereocenters. The smallest absolute Gasteiger partial charge is 0.289 e. The van der Waals surface area contributed by atoms with E-state index < -0.39 is 0 Å². The molecule has 0 aliphatic rings. The van der Waals surface area contributed by atoms with Crippen LogP contribution in [0.3, 0.4) is 0 Å². The predicted octanol–water partition coefficient (Wildman–Crippen LogP) is 3.32. The quantitative estimate of drug-likeness (QED) is 0.685. The normalized spacial score (nSPS) is 10.7. The summed E-state index contributed by atoms with van der Waals surface area (Å²) in [7, 11) is 1.75. The Morgan fingerprint density at radius 1 is 1.04 bits per heavy atom. The number of hydrogen-bond acceptors (Lipinski definition) is 3. The van der Waals surface area contributed by atoms with Crippen molar-refractivity contribution in [2.24, 2.45) is 0 Å². The van der Waals surface area contributed by atoms with Gasteiger partial charge in [-0.1, -0.05) is 37.3 Å². The van der Waals surface area contributed by atoms with Crippen molar-refractivity contribution >= 4 is 5.91 Å². The van der Waals surface area contributed by atoms with Crippen molar-refractivity contribution in [3.63, 3.8) is 0 Å². The van der Waals surface area contributed by atoms with E-state index in [1.807, 2.05) is 12.1 Å². The third-order valence-corrected chi connectivity index (χ3v) is 4.30. The standard InChI is InChI=1S/C21H22N2O3/c1-3-16-7-9-17(10-8-16)14-22(2)21(25)19-12-11-18(26-19)15-23-13-5-4-6-20(23)24/h4-13H,3,14-15H2,1-2H3. The molecule has 3 aromatic rings. The van der Waals surface area contributed by atoms with Gasteiger partial charge in [-0.05, 0) is 35.7 Å². The fourth-order valence-electron chi connectivity index (χ4n) is 2.75. The molecule has 0 aliphatic carbocycles. The van der Waals surface area contributed by atoms with Crippen molar-refractivity contribution in [1.29, 1.82) is 0 Å². The third kappa shape index (κ3) is 4.11. The summed E-state index contributed by atoms with van der Waals surface area (Å²) in [5, 5.41) is 0. The number of aromatic nitrogens is 1. The fraction of sp³-hybridized carbons (Fsp3) is 0.238. The van der Waals surface area contributed by atoms with Gasteiger partial charge in [-0.2, -0.15) is 0 Å². The van der Waals surface area contributed by atoms with Gasteiger partial charge in [-0.3, -0.25) is 9.59 Å². The van der Waals surface area contributed by atoms with Gasteiger partial charge in [-0.25, -0.2) is 0 Å². The number of pyridine rings is 1. The summed E-state index contributed by atoms with van der Waals surface area (Å²) < 4.78 is 7.18. The maximum absolute atomic E-state index is 12.6. The molecular weight excluding hydrogens is 328 g/mol. The zero-order chi connectivity index (χ0) is 18.5. The first-order chi connectivity index (χ1) is 12.6. The molecule has 1 aromatic carbocycles. The van der Waals surface area contributed by atoms with Crippen LogP contribution in [0, 0.1) is 0 Å². The van der Waals surface area contributed by atoms with Gasteiger partial charge in [0.2, 0.25) is 0 Å². The first kappa shape index (κ1) is 17.7. The minimum absolute atomic E-state index is 0.107. The number of carbonyl (C=O) groups excluding carboxylic acids is 1. The molecule has 2 aromatic heterocycles. The van der Waals surface area contributed by atoms with Crippen LogP contribution in [0.15, 0.2) is 70.0 Å². The maximum Gasteiger partial charge on any atom is 0.289 e. The van der Waals surface area contributed by atoms with E-state index in [2.05, 4.69) is 19.1 Å². The van der Waals surface area contributed by atoms with E-state index in [9.17, 15) is 9.59 Å². The zero-order valence-electron chi connectivity index (χ0n) is 15.0. The lowest BCUT2D eigenvalue weighted by atomic mass is 10.1. The largest absolute Gasteiger partial charge is 0.454 e. The lowest BCUT2D eigenvalue weighted by molar-refractivity contribution is 0.0751. The molecule has 0 unspecified atom stereocenters. The van der Waals surface area contributed by atoms with Crippen LogP contribution in [0.2, 0.25) is 0 Å². The molecule has 0 fully saturated rings. The van der Waals surface area contributed by atoms with Gasteiger partial charge < -0.3 is 13.9 Å². The van der Waals surface area contributed by atoms with Crippen molar-refractivity contribution in [3.8, 4) is 0 Å². The minimum atomic E-state index is -0.184. The van der Waals surface area contributed by atoms with Gasteiger partial charge in [-0.15, -0.1) is 0 Å². The fourth-order valence-corrected chi connectivity index (χ4v) is 2.75. The SMILES string of the molecule is CCc1ccc(CN(C)C(=O)c2ccc(Cn3ccccc3=O)o2)cc1. The predicted molar refractivity (Wildman–Crippen MR) is 100 cm³/mol. The van der Waals surface area contributed by atoms with Crippen LogP contribution in [-0.4, -0.2) is 22.4 Å². The average molecular weight is 350 g/mol. The second-order valence-electron chi connectivity index (χ2n) is 6.26. The number of benzene rings is 1. The van der Waals surface area contributed by atoms with Crippen LogP contribution in [0.4, 0.5) is 0 Å². The van der Waals surface area contributed by atoms with Gasteiger partial charge >= 0.3 is 0 Å². The van der Waals surface area contributed by atoms with Crippen LogP contribution >= 0.6 is 0 Å². The summed E-state index contributed by atoms with van der Waals surface area (Å²) in [4.78, 5) is 26.0. The molecule has 5 nitrogen and oxygen atoms in total. The molecule has 5 heteroatoms. The van der Waals surface area contributed by atoms with Crippen molar-refractivity contribution in [1.82, 2.24) is 9.47 Å². The van der Waals surface area contributed by atoms with Gasteiger partial charge in [0.15, 0.2) is 5.76 Å². The number of furan rings is 1. The van der Waals surface area contributed by atoms with Crippen LogP contribution in [-0.2, 0) is 19.5 Å². The number of carbonyl (C=O) groups is 1. The second kappa shape index (κ2) is 7.87. The van der Waals surface area contributed by atoms with E-state index in [-0.39, 0.29) is 17.2 Å². The van der Waals surface area contributed by atoms with Crippen LogP contribution in [0.5, 0.6) is 0 Å². The Hall–Kier alpha value is -3.08. The van der Waals surface area contributed by atoms with Gasteiger partial charge in [0, 0.05) is 25.9 Å². The molecule has 2 heterocycles. The summed E-state index contributed by atoms with van der Waals surface area (Å²) in [5.41, 5.74) is 2.24. The molecule has 0 saturated carbocycles. The Morgan fingerprint density at radius 3 is 2.46 bits per heavy atom.